The Morgan fingerprint density at radius 1 is 1.28 bits per heavy atom. The van der Waals surface area contributed by atoms with E-state index in [1.54, 1.807) is 0 Å². The lowest BCUT2D eigenvalue weighted by Crippen LogP contribution is -2.59. The Bertz CT molecular complexity index is 1250. The van der Waals surface area contributed by atoms with Gasteiger partial charge >= 0.3 is 11.8 Å². The van der Waals surface area contributed by atoms with Crippen molar-refractivity contribution in [3.63, 3.8) is 0 Å². The van der Waals surface area contributed by atoms with Crippen LogP contribution in [0.3, 0.4) is 0 Å². The molecule has 1 aliphatic rings. The van der Waals surface area contributed by atoms with E-state index in [9.17, 15) is 32.0 Å². The van der Waals surface area contributed by atoms with Crippen molar-refractivity contribution in [1.29, 1.82) is 5.26 Å². The van der Waals surface area contributed by atoms with Crippen LogP contribution in [-0.2, 0) is 4.79 Å². The van der Waals surface area contributed by atoms with Crippen molar-refractivity contribution in [2.24, 2.45) is 5.92 Å². The largest absolute Gasteiger partial charge is 0.494 e. The third kappa shape index (κ3) is 3.41. The predicted molar refractivity (Wildman–Crippen MR) is 104 cm³/mol. The number of aromatic nitrogens is 2. The van der Waals surface area contributed by atoms with Gasteiger partial charge in [-0.1, -0.05) is 0 Å². The minimum absolute atomic E-state index is 0.126. The first-order valence-corrected chi connectivity index (χ1v) is 9.39. The van der Waals surface area contributed by atoms with Crippen molar-refractivity contribution in [3.8, 4) is 17.5 Å². The molecular formula is C21H15F5N4O2. The SMILES string of the molecule is COc1cc(C#N)cc2c1nc(NC(=O)CC1CC(F)(F)C1(F)F)n2-c1ccc(F)cc1. The van der Waals surface area contributed by atoms with Gasteiger partial charge in [0.2, 0.25) is 11.9 Å². The molecule has 6 nitrogen and oxygen atoms in total. The van der Waals surface area contributed by atoms with Gasteiger partial charge in [-0.15, -0.1) is 0 Å². The maximum atomic E-state index is 13.6. The van der Waals surface area contributed by atoms with Gasteiger partial charge in [-0.2, -0.15) is 22.8 Å². The fraction of sp³-hybridized carbons (Fsp3) is 0.286. The molecule has 0 aliphatic heterocycles. The van der Waals surface area contributed by atoms with Gasteiger partial charge in [-0.05, 0) is 30.3 Å². The molecule has 0 saturated heterocycles. The van der Waals surface area contributed by atoms with Gasteiger partial charge in [-0.25, -0.2) is 9.37 Å². The number of fused-ring (bicyclic) bond motifs is 1. The van der Waals surface area contributed by atoms with Crippen LogP contribution in [-0.4, -0.2) is 34.4 Å². The Hall–Kier alpha value is -3.68. The topological polar surface area (TPSA) is 79.9 Å². The molecule has 1 atom stereocenters. The molecule has 4 rings (SSSR count). The summed E-state index contributed by atoms with van der Waals surface area (Å²) in [6.07, 6.45) is -1.93. The predicted octanol–water partition coefficient (Wildman–Crippen LogP) is 4.66. The summed E-state index contributed by atoms with van der Waals surface area (Å²) in [5.74, 6) is -11.6. The van der Waals surface area contributed by atoms with Crippen LogP contribution in [0.5, 0.6) is 5.75 Å². The number of methoxy groups -OCH3 is 1. The minimum atomic E-state index is -4.27. The van der Waals surface area contributed by atoms with Gasteiger partial charge in [0.1, 0.15) is 17.1 Å². The molecule has 1 heterocycles. The second-order valence-corrected chi connectivity index (χ2v) is 7.39. The van der Waals surface area contributed by atoms with E-state index in [4.69, 9.17) is 4.74 Å². The molecule has 1 fully saturated rings. The van der Waals surface area contributed by atoms with Crippen molar-refractivity contribution in [3.05, 3.63) is 47.8 Å². The number of hydrogen-bond donors (Lipinski definition) is 1. The lowest BCUT2D eigenvalue weighted by Gasteiger charge is -2.43. The Balaban J connectivity index is 1.75. The molecule has 1 saturated carbocycles. The third-order valence-corrected chi connectivity index (χ3v) is 5.35. The molecule has 1 aromatic heterocycles. The standard InChI is InChI=1S/C21H15F5N4O2/c1-32-16-7-11(10-27)6-15-18(16)29-19(30(15)14-4-2-13(22)3-5-14)28-17(31)8-12-9-20(23,24)21(12,25)26/h2-7,12H,8-9H2,1H3,(H,28,29,31). The van der Waals surface area contributed by atoms with Crippen molar-refractivity contribution < 1.29 is 31.5 Å². The van der Waals surface area contributed by atoms with E-state index >= 15 is 0 Å². The fourth-order valence-corrected chi connectivity index (χ4v) is 3.64. The van der Waals surface area contributed by atoms with Crippen molar-refractivity contribution in [2.75, 3.05) is 12.4 Å². The summed E-state index contributed by atoms with van der Waals surface area (Å²) in [6, 6.07) is 9.95. The number of nitrogens with one attached hydrogen (secondary N) is 1. The van der Waals surface area contributed by atoms with Crippen LogP contribution in [0.15, 0.2) is 36.4 Å². The number of benzene rings is 2. The number of hydrogen-bond acceptors (Lipinski definition) is 4. The highest BCUT2D eigenvalue weighted by atomic mass is 19.3. The van der Waals surface area contributed by atoms with Gasteiger partial charge in [0, 0.05) is 30.5 Å². The molecule has 1 aliphatic carbocycles. The molecule has 32 heavy (non-hydrogen) atoms. The van der Waals surface area contributed by atoms with Crippen molar-refractivity contribution in [1.82, 2.24) is 9.55 Å². The molecule has 1 amide bonds. The number of ether oxygens (including phenoxy) is 1. The second kappa shape index (κ2) is 7.47. The minimum Gasteiger partial charge on any atom is -0.494 e. The highest BCUT2D eigenvalue weighted by Gasteiger charge is 2.71. The van der Waals surface area contributed by atoms with E-state index in [0.717, 1.165) is 12.1 Å². The van der Waals surface area contributed by atoms with Crippen LogP contribution >= 0.6 is 0 Å². The van der Waals surface area contributed by atoms with Crippen molar-refractivity contribution >= 4 is 22.9 Å². The molecule has 0 spiro atoms. The number of amides is 1. The van der Waals surface area contributed by atoms with Gasteiger partial charge < -0.3 is 4.74 Å². The first-order chi connectivity index (χ1) is 15.1. The monoisotopic (exact) mass is 450 g/mol. The lowest BCUT2D eigenvalue weighted by molar-refractivity contribution is -0.313. The maximum absolute atomic E-state index is 13.6. The van der Waals surface area contributed by atoms with Gasteiger partial charge in [0.05, 0.1) is 24.3 Å². The van der Waals surface area contributed by atoms with E-state index in [1.165, 1.54) is 35.9 Å². The number of halogens is 5. The van der Waals surface area contributed by atoms with Gasteiger partial charge in [-0.3, -0.25) is 14.7 Å². The number of alkyl halides is 4. The zero-order valence-electron chi connectivity index (χ0n) is 16.5. The molecule has 166 valence electrons. The lowest BCUT2D eigenvalue weighted by atomic mass is 9.74. The van der Waals surface area contributed by atoms with E-state index in [1.807, 2.05) is 6.07 Å². The van der Waals surface area contributed by atoms with E-state index in [0.29, 0.717) is 11.2 Å². The Kier molecular flexibility index (Phi) is 5.03. The molecule has 11 heteroatoms. The van der Waals surface area contributed by atoms with Gasteiger partial charge in [0.15, 0.2) is 0 Å². The maximum Gasteiger partial charge on any atom is 0.313 e. The summed E-state index contributed by atoms with van der Waals surface area (Å²) in [6.45, 7) is 0. The van der Waals surface area contributed by atoms with E-state index < -0.39 is 42.3 Å². The molecule has 0 radical (unpaired) electrons. The van der Waals surface area contributed by atoms with Crippen LogP contribution in [0.2, 0.25) is 0 Å². The number of nitriles is 1. The fourth-order valence-electron chi connectivity index (χ4n) is 3.64. The number of carbonyl (C=O) groups excluding carboxylic acids is 1. The molecule has 2 aromatic carbocycles. The van der Waals surface area contributed by atoms with Crippen LogP contribution in [0.4, 0.5) is 27.9 Å². The Morgan fingerprint density at radius 3 is 2.53 bits per heavy atom. The summed E-state index contributed by atoms with van der Waals surface area (Å²) >= 11 is 0. The summed E-state index contributed by atoms with van der Waals surface area (Å²) in [5.41, 5.74) is 1.13. The Labute approximate surface area is 178 Å². The first kappa shape index (κ1) is 21.5. The molecule has 1 unspecified atom stereocenters. The summed E-state index contributed by atoms with van der Waals surface area (Å²) in [7, 11) is 1.35. The average molecular weight is 450 g/mol. The number of rotatable bonds is 5. The highest BCUT2D eigenvalue weighted by Crippen LogP contribution is 2.56. The molecule has 3 aromatic rings. The Morgan fingerprint density at radius 2 is 1.97 bits per heavy atom. The second-order valence-electron chi connectivity index (χ2n) is 7.39. The number of nitrogens with zero attached hydrogens (tertiary/aromatic N) is 3. The summed E-state index contributed by atoms with van der Waals surface area (Å²) in [5, 5.41) is 11.7. The number of anilines is 1. The van der Waals surface area contributed by atoms with Gasteiger partial charge in [0.25, 0.3) is 0 Å². The first-order valence-electron chi connectivity index (χ1n) is 9.39. The number of imidazole rings is 1. The number of carbonyl (C=O) groups is 1. The quantitative estimate of drug-likeness (QED) is 0.574. The normalized spacial score (nSPS) is 18.6. The van der Waals surface area contributed by atoms with Crippen LogP contribution < -0.4 is 10.1 Å². The van der Waals surface area contributed by atoms with Crippen LogP contribution in [0.1, 0.15) is 18.4 Å². The van der Waals surface area contributed by atoms with E-state index in [2.05, 4.69) is 10.3 Å². The zero-order valence-corrected chi connectivity index (χ0v) is 16.5. The molecule has 0 bridgehead atoms. The molecular weight excluding hydrogens is 435 g/mol. The van der Waals surface area contributed by atoms with Crippen molar-refractivity contribution in [2.45, 2.75) is 24.7 Å². The van der Waals surface area contributed by atoms with E-state index in [-0.39, 0.29) is 22.8 Å². The smallest absolute Gasteiger partial charge is 0.313 e. The van der Waals surface area contributed by atoms with Crippen LogP contribution in [0.25, 0.3) is 16.7 Å². The highest BCUT2D eigenvalue weighted by molar-refractivity contribution is 5.94. The zero-order chi connectivity index (χ0) is 23.3. The summed E-state index contributed by atoms with van der Waals surface area (Å²) in [4.78, 5) is 16.7. The van der Waals surface area contributed by atoms with Crippen LogP contribution in [0, 0.1) is 23.1 Å². The summed E-state index contributed by atoms with van der Waals surface area (Å²) < 4.78 is 73.4. The third-order valence-electron chi connectivity index (χ3n) is 5.35. The molecule has 1 N–H and O–H groups in total. The average Bonchev–Trinajstić information content (AvgIpc) is 3.10.